The maximum absolute atomic E-state index is 12.5. The molecule has 7 heteroatoms. The molecule has 0 aliphatic carbocycles. The highest BCUT2D eigenvalue weighted by Gasteiger charge is 2.27. The zero-order chi connectivity index (χ0) is 18.0. The number of rotatable bonds is 3. The summed E-state index contributed by atoms with van der Waals surface area (Å²) in [6.07, 6.45) is 0. The van der Waals surface area contributed by atoms with Crippen LogP contribution in [0.25, 0.3) is 0 Å². The Morgan fingerprint density at radius 2 is 1.96 bits per heavy atom. The molecular formula is C18H14Cl2N2O3. The van der Waals surface area contributed by atoms with Crippen LogP contribution in [0.2, 0.25) is 10.0 Å². The van der Waals surface area contributed by atoms with Crippen LogP contribution in [0.4, 0.5) is 5.69 Å². The van der Waals surface area contributed by atoms with Crippen molar-refractivity contribution in [1.29, 1.82) is 0 Å². The quantitative estimate of drug-likeness (QED) is 0.771. The Hall–Kier alpha value is -2.37. The minimum Gasteiger partial charge on any atom is -0.468 e. The van der Waals surface area contributed by atoms with E-state index in [1.54, 1.807) is 24.3 Å². The molecule has 3 rings (SSSR count). The van der Waals surface area contributed by atoms with Gasteiger partial charge in [0.05, 0.1) is 18.5 Å². The van der Waals surface area contributed by atoms with Gasteiger partial charge < -0.3 is 4.74 Å². The number of carbonyl (C=O) groups is 2. The van der Waals surface area contributed by atoms with Gasteiger partial charge in [0.1, 0.15) is 13.1 Å². The summed E-state index contributed by atoms with van der Waals surface area (Å²) < 4.78 is 4.69. The number of anilines is 1. The van der Waals surface area contributed by atoms with Gasteiger partial charge in [0.15, 0.2) is 0 Å². The highest BCUT2D eigenvalue weighted by Crippen LogP contribution is 2.31. The Bertz CT molecular complexity index is 880. The summed E-state index contributed by atoms with van der Waals surface area (Å²) in [4.78, 5) is 30.0. The number of nitrogens with zero attached hydrogens (tertiary/aromatic N) is 2. The second kappa shape index (κ2) is 7.25. The summed E-state index contributed by atoms with van der Waals surface area (Å²) in [6, 6.07) is 12.3. The number of methoxy groups -OCH3 is 1. The first-order valence-electron chi connectivity index (χ1n) is 7.47. The van der Waals surface area contributed by atoms with Crippen LogP contribution in [0.1, 0.15) is 11.1 Å². The van der Waals surface area contributed by atoms with Crippen molar-refractivity contribution in [3.63, 3.8) is 0 Å². The summed E-state index contributed by atoms with van der Waals surface area (Å²) in [6.45, 7) is -0.306. The number of aliphatic imine (C=N–C) groups is 1. The third kappa shape index (κ3) is 3.52. The minimum absolute atomic E-state index is 0.107. The average molecular weight is 377 g/mol. The monoisotopic (exact) mass is 376 g/mol. The van der Waals surface area contributed by atoms with Gasteiger partial charge in [-0.2, -0.15) is 0 Å². The first-order chi connectivity index (χ1) is 12.0. The molecule has 5 nitrogen and oxygen atoms in total. The molecule has 0 unspecified atom stereocenters. The van der Waals surface area contributed by atoms with E-state index in [-0.39, 0.29) is 19.0 Å². The highest BCUT2D eigenvalue weighted by atomic mass is 35.5. The van der Waals surface area contributed by atoms with Crippen molar-refractivity contribution in [2.45, 2.75) is 0 Å². The van der Waals surface area contributed by atoms with Crippen LogP contribution in [0.3, 0.4) is 0 Å². The predicted octanol–water partition coefficient (Wildman–Crippen LogP) is 3.35. The largest absolute Gasteiger partial charge is 0.468 e. The number of carbonyl (C=O) groups excluding carboxylic acids is 2. The number of amides is 1. The third-order valence-electron chi connectivity index (χ3n) is 3.82. The van der Waals surface area contributed by atoms with Crippen molar-refractivity contribution in [3.8, 4) is 0 Å². The number of hydrogen-bond acceptors (Lipinski definition) is 4. The van der Waals surface area contributed by atoms with Gasteiger partial charge in [0, 0.05) is 21.2 Å². The Morgan fingerprint density at radius 1 is 1.20 bits per heavy atom. The Labute approximate surface area is 154 Å². The molecule has 0 radical (unpaired) electrons. The summed E-state index contributed by atoms with van der Waals surface area (Å²) in [7, 11) is 1.28. The van der Waals surface area contributed by atoms with Crippen LogP contribution in [0.5, 0.6) is 0 Å². The molecule has 0 N–H and O–H groups in total. The predicted molar refractivity (Wildman–Crippen MR) is 97.8 cm³/mol. The average Bonchev–Trinajstić information content (AvgIpc) is 2.73. The van der Waals surface area contributed by atoms with Gasteiger partial charge in [-0.25, -0.2) is 0 Å². The molecular weight excluding hydrogens is 363 g/mol. The number of fused-ring (bicyclic) bond motifs is 1. The van der Waals surface area contributed by atoms with E-state index < -0.39 is 5.97 Å². The van der Waals surface area contributed by atoms with E-state index in [2.05, 4.69) is 4.99 Å². The van der Waals surface area contributed by atoms with Gasteiger partial charge in [-0.05, 0) is 24.3 Å². The highest BCUT2D eigenvalue weighted by molar-refractivity contribution is 6.37. The topological polar surface area (TPSA) is 59.0 Å². The van der Waals surface area contributed by atoms with E-state index in [1.165, 1.54) is 12.0 Å². The van der Waals surface area contributed by atoms with Crippen LogP contribution in [0.15, 0.2) is 47.5 Å². The van der Waals surface area contributed by atoms with E-state index in [4.69, 9.17) is 27.9 Å². The van der Waals surface area contributed by atoms with Crippen LogP contribution < -0.4 is 4.90 Å². The molecule has 1 aliphatic rings. The molecule has 128 valence electrons. The van der Waals surface area contributed by atoms with Gasteiger partial charge in [0.2, 0.25) is 5.91 Å². The number of ether oxygens (including phenoxy) is 1. The molecule has 0 bridgehead atoms. The molecule has 2 aromatic rings. The van der Waals surface area contributed by atoms with Crippen molar-refractivity contribution < 1.29 is 14.3 Å². The lowest BCUT2D eigenvalue weighted by Crippen LogP contribution is -2.37. The van der Waals surface area contributed by atoms with Gasteiger partial charge >= 0.3 is 5.97 Å². The Balaban J connectivity index is 2.17. The van der Waals surface area contributed by atoms with Crippen LogP contribution >= 0.6 is 23.2 Å². The van der Waals surface area contributed by atoms with Gasteiger partial charge in [-0.3, -0.25) is 19.5 Å². The molecule has 1 aliphatic heterocycles. The smallest absolute Gasteiger partial charge is 0.325 e. The number of esters is 1. The second-order valence-corrected chi connectivity index (χ2v) is 6.21. The molecule has 0 saturated carbocycles. The summed E-state index contributed by atoms with van der Waals surface area (Å²) in [5.74, 6) is -0.827. The zero-order valence-electron chi connectivity index (χ0n) is 13.3. The summed E-state index contributed by atoms with van der Waals surface area (Å²) in [5, 5.41) is 1.01. The molecule has 1 heterocycles. The maximum atomic E-state index is 12.5. The molecule has 1 amide bonds. The SMILES string of the molecule is COC(=O)CN1C(=O)CN=C(c2ccccc2Cl)c2cc(Cl)ccc21. The van der Waals surface area contributed by atoms with Crippen molar-refractivity contribution in [1.82, 2.24) is 0 Å². The molecule has 25 heavy (non-hydrogen) atoms. The number of hydrogen-bond donors (Lipinski definition) is 0. The van der Waals surface area contributed by atoms with Gasteiger partial charge in [-0.15, -0.1) is 0 Å². The summed E-state index contributed by atoms with van der Waals surface area (Å²) >= 11 is 12.5. The maximum Gasteiger partial charge on any atom is 0.325 e. The Morgan fingerprint density at radius 3 is 2.68 bits per heavy atom. The first-order valence-corrected chi connectivity index (χ1v) is 8.23. The van der Waals surface area contributed by atoms with Gasteiger partial charge in [0.25, 0.3) is 0 Å². The standard InChI is InChI=1S/C18H14Cl2N2O3/c1-25-17(24)10-22-15-7-6-11(19)8-13(15)18(21-9-16(22)23)12-4-2-3-5-14(12)20/h2-8H,9-10H2,1H3. The number of halogens is 2. The van der Waals surface area contributed by atoms with Crippen molar-refractivity contribution in [2.24, 2.45) is 4.99 Å². The van der Waals surface area contributed by atoms with E-state index in [1.807, 2.05) is 18.2 Å². The van der Waals surface area contributed by atoms with Crippen molar-refractivity contribution in [3.05, 3.63) is 63.6 Å². The summed E-state index contributed by atoms with van der Waals surface area (Å²) in [5.41, 5.74) is 2.43. The van der Waals surface area contributed by atoms with E-state index in [9.17, 15) is 9.59 Å². The number of benzene rings is 2. The molecule has 0 spiro atoms. The van der Waals surface area contributed by atoms with Gasteiger partial charge in [-0.1, -0.05) is 41.4 Å². The first kappa shape index (κ1) is 17.5. The normalized spacial score (nSPS) is 13.8. The van der Waals surface area contributed by atoms with Crippen molar-refractivity contribution >= 4 is 46.5 Å². The fourth-order valence-electron chi connectivity index (χ4n) is 2.64. The molecule has 0 atom stereocenters. The number of benzodiazepines with no additional fused rings is 1. The molecule has 0 aromatic heterocycles. The van der Waals surface area contributed by atoms with E-state index in [0.717, 1.165) is 0 Å². The zero-order valence-corrected chi connectivity index (χ0v) is 14.8. The third-order valence-corrected chi connectivity index (χ3v) is 4.39. The van der Waals surface area contributed by atoms with E-state index in [0.29, 0.717) is 32.6 Å². The molecule has 2 aromatic carbocycles. The lowest BCUT2D eigenvalue weighted by atomic mass is 10.00. The molecule has 0 fully saturated rings. The van der Waals surface area contributed by atoms with Crippen LogP contribution in [0, 0.1) is 0 Å². The fourth-order valence-corrected chi connectivity index (χ4v) is 3.03. The van der Waals surface area contributed by atoms with E-state index >= 15 is 0 Å². The van der Waals surface area contributed by atoms with Crippen molar-refractivity contribution in [2.75, 3.05) is 25.1 Å². The van der Waals surface area contributed by atoms with Crippen LogP contribution in [-0.4, -0.2) is 37.8 Å². The molecule has 0 saturated heterocycles. The minimum atomic E-state index is -0.518. The lowest BCUT2D eigenvalue weighted by Gasteiger charge is -2.22. The van der Waals surface area contributed by atoms with Crippen LogP contribution in [-0.2, 0) is 14.3 Å². The fraction of sp³-hybridized carbons (Fsp3) is 0.167. The Kier molecular flexibility index (Phi) is 5.06. The second-order valence-electron chi connectivity index (χ2n) is 5.36. The lowest BCUT2D eigenvalue weighted by molar-refractivity contribution is -0.139.